The van der Waals surface area contributed by atoms with Crippen LogP contribution < -0.4 is 5.73 Å². The summed E-state index contributed by atoms with van der Waals surface area (Å²) in [5.41, 5.74) is 6.71. The van der Waals surface area contributed by atoms with E-state index in [0.717, 1.165) is 12.1 Å². The Hall–Kier alpha value is -0.890. The van der Waals surface area contributed by atoms with Gasteiger partial charge in [0.05, 0.1) is 5.69 Å². The first-order chi connectivity index (χ1) is 5.84. The van der Waals surface area contributed by atoms with Crippen LogP contribution in [0.5, 0.6) is 0 Å². The Morgan fingerprint density at radius 1 is 1.42 bits per heavy atom. The predicted octanol–water partition coefficient (Wildman–Crippen LogP) is 2.52. The van der Waals surface area contributed by atoms with Crippen molar-refractivity contribution in [2.75, 3.05) is 0 Å². The van der Waals surface area contributed by atoms with Crippen LogP contribution in [0, 0.1) is 0 Å². The van der Waals surface area contributed by atoms with Gasteiger partial charge in [-0.3, -0.25) is 4.98 Å². The summed E-state index contributed by atoms with van der Waals surface area (Å²) in [5, 5.41) is 0. The Kier molecular flexibility index (Phi) is 6.29. The van der Waals surface area contributed by atoms with E-state index in [-0.39, 0.29) is 6.04 Å². The molecule has 68 valence electrons. The van der Waals surface area contributed by atoms with E-state index >= 15 is 0 Å². The summed E-state index contributed by atoms with van der Waals surface area (Å²) >= 11 is 0. The molecule has 2 heteroatoms. The van der Waals surface area contributed by atoms with Gasteiger partial charge in [0, 0.05) is 12.2 Å². The fourth-order valence-corrected chi connectivity index (χ4v) is 0.804. The van der Waals surface area contributed by atoms with Gasteiger partial charge in [0.15, 0.2) is 0 Å². The second-order valence-electron chi connectivity index (χ2n) is 2.27. The van der Waals surface area contributed by atoms with E-state index in [4.69, 9.17) is 5.73 Å². The SMILES string of the molecule is CC.CCC(N)c1ccccn1. The molecule has 0 saturated carbocycles. The zero-order chi connectivity index (χ0) is 9.40. The molecule has 1 unspecified atom stereocenters. The van der Waals surface area contributed by atoms with E-state index in [0.29, 0.717) is 0 Å². The first kappa shape index (κ1) is 11.1. The zero-order valence-electron chi connectivity index (χ0n) is 8.12. The van der Waals surface area contributed by atoms with Crippen molar-refractivity contribution in [3.8, 4) is 0 Å². The highest BCUT2D eigenvalue weighted by molar-refractivity contribution is 5.07. The summed E-state index contributed by atoms with van der Waals surface area (Å²) in [6.07, 6.45) is 2.71. The minimum Gasteiger partial charge on any atom is -0.323 e. The van der Waals surface area contributed by atoms with E-state index in [1.165, 1.54) is 0 Å². The van der Waals surface area contributed by atoms with E-state index in [2.05, 4.69) is 11.9 Å². The van der Waals surface area contributed by atoms with Crippen LogP contribution in [-0.4, -0.2) is 4.98 Å². The van der Waals surface area contributed by atoms with E-state index < -0.39 is 0 Å². The third-order valence-electron chi connectivity index (χ3n) is 1.51. The van der Waals surface area contributed by atoms with Gasteiger partial charge in [-0.15, -0.1) is 0 Å². The number of aromatic nitrogens is 1. The van der Waals surface area contributed by atoms with Crippen LogP contribution in [-0.2, 0) is 0 Å². The van der Waals surface area contributed by atoms with Crippen molar-refractivity contribution >= 4 is 0 Å². The van der Waals surface area contributed by atoms with Crippen molar-refractivity contribution in [1.29, 1.82) is 0 Å². The van der Waals surface area contributed by atoms with Gasteiger partial charge in [0.2, 0.25) is 0 Å². The molecular weight excluding hydrogens is 148 g/mol. The lowest BCUT2D eigenvalue weighted by Crippen LogP contribution is -2.09. The Bertz CT molecular complexity index is 184. The molecule has 0 fully saturated rings. The summed E-state index contributed by atoms with van der Waals surface area (Å²) in [4.78, 5) is 4.12. The van der Waals surface area contributed by atoms with Crippen LogP contribution in [0.15, 0.2) is 24.4 Å². The molecule has 0 aliphatic carbocycles. The number of nitrogens with zero attached hydrogens (tertiary/aromatic N) is 1. The van der Waals surface area contributed by atoms with Crippen molar-refractivity contribution < 1.29 is 0 Å². The monoisotopic (exact) mass is 166 g/mol. The third-order valence-corrected chi connectivity index (χ3v) is 1.51. The van der Waals surface area contributed by atoms with Gasteiger partial charge < -0.3 is 5.73 Å². The lowest BCUT2D eigenvalue weighted by atomic mass is 10.1. The highest BCUT2D eigenvalue weighted by Crippen LogP contribution is 2.08. The molecule has 0 bridgehead atoms. The molecule has 12 heavy (non-hydrogen) atoms. The maximum absolute atomic E-state index is 5.73. The summed E-state index contributed by atoms with van der Waals surface area (Å²) in [5.74, 6) is 0. The molecule has 1 atom stereocenters. The minimum absolute atomic E-state index is 0.0983. The largest absolute Gasteiger partial charge is 0.323 e. The fourth-order valence-electron chi connectivity index (χ4n) is 0.804. The standard InChI is InChI=1S/C8H12N2.C2H6/c1-2-7(9)8-5-3-4-6-10-8;1-2/h3-7H,2,9H2,1H3;1-2H3. The molecule has 0 saturated heterocycles. The van der Waals surface area contributed by atoms with Gasteiger partial charge in [0.25, 0.3) is 0 Å². The van der Waals surface area contributed by atoms with E-state index in [1.807, 2.05) is 32.0 Å². The van der Waals surface area contributed by atoms with Gasteiger partial charge >= 0.3 is 0 Å². The van der Waals surface area contributed by atoms with Crippen LogP contribution in [0.2, 0.25) is 0 Å². The highest BCUT2D eigenvalue weighted by Gasteiger charge is 2.01. The van der Waals surface area contributed by atoms with Gasteiger partial charge in [-0.2, -0.15) is 0 Å². The number of hydrogen-bond donors (Lipinski definition) is 1. The summed E-state index contributed by atoms with van der Waals surface area (Å²) in [6, 6.07) is 5.90. The van der Waals surface area contributed by atoms with Crippen molar-refractivity contribution in [3.63, 3.8) is 0 Å². The number of rotatable bonds is 2. The van der Waals surface area contributed by atoms with Crippen molar-refractivity contribution in [2.24, 2.45) is 5.73 Å². The number of hydrogen-bond acceptors (Lipinski definition) is 2. The Morgan fingerprint density at radius 3 is 2.50 bits per heavy atom. The van der Waals surface area contributed by atoms with Crippen molar-refractivity contribution in [3.05, 3.63) is 30.1 Å². The molecule has 2 nitrogen and oxygen atoms in total. The van der Waals surface area contributed by atoms with Crippen LogP contribution >= 0.6 is 0 Å². The molecule has 0 aliphatic heterocycles. The predicted molar refractivity (Wildman–Crippen MR) is 52.8 cm³/mol. The maximum atomic E-state index is 5.73. The average Bonchev–Trinajstić information content (AvgIpc) is 2.21. The quantitative estimate of drug-likeness (QED) is 0.733. The fraction of sp³-hybridized carbons (Fsp3) is 0.500. The molecule has 1 heterocycles. The van der Waals surface area contributed by atoms with Crippen molar-refractivity contribution in [1.82, 2.24) is 4.98 Å². The van der Waals surface area contributed by atoms with Gasteiger partial charge in [-0.1, -0.05) is 26.8 Å². The lowest BCUT2D eigenvalue weighted by Gasteiger charge is -2.05. The molecule has 1 rings (SSSR count). The zero-order valence-corrected chi connectivity index (χ0v) is 8.12. The third kappa shape index (κ3) is 3.49. The first-order valence-corrected chi connectivity index (χ1v) is 4.51. The molecule has 0 aromatic carbocycles. The topological polar surface area (TPSA) is 38.9 Å². The van der Waals surface area contributed by atoms with E-state index in [9.17, 15) is 0 Å². The second-order valence-corrected chi connectivity index (χ2v) is 2.27. The van der Waals surface area contributed by atoms with Gasteiger partial charge in [-0.25, -0.2) is 0 Å². The van der Waals surface area contributed by atoms with Gasteiger partial charge in [0.1, 0.15) is 0 Å². The first-order valence-electron chi connectivity index (χ1n) is 4.51. The molecule has 1 aromatic heterocycles. The lowest BCUT2D eigenvalue weighted by molar-refractivity contribution is 0.675. The summed E-state index contributed by atoms with van der Waals surface area (Å²) < 4.78 is 0. The Balaban J connectivity index is 0.000000561. The molecule has 0 amide bonds. The molecule has 0 spiro atoms. The van der Waals surface area contributed by atoms with Gasteiger partial charge in [-0.05, 0) is 18.6 Å². The molecular formula is C10H18N2. The van der Waals surface area contributed by atoms with Crippen LogP contribution in [0.3, 0.4) is 0 Å². The highest BCUT2D eigenvalue weighted by atomic mass is 14.8. The van der Waals surface area contributed by atoms with E-state index in [1.54, 1.807) is 6.20 Å². The summed E-state index contributed by atoms with van der Waals surface area (Å²) in [6.45, 7) is 6.05. The smallest absolute Gasteiger partial charge is 0.0570 e. The summed E-state index contributed by atoms with van der Waals surface area (Å²) in [7, 11) is 0. The number of nitrogens with two attached hydrogens (primary N) is 1. The number of pyridine rings is 1. The Labute approximate surface area is 74.8 Å². The second kappa shape index (κ2) is 6.80. The molecule has 0 radical (unpaired) electrons. The average molecular weight is 166 g/mol. The molecule has 1 aromatic rings. The van der Waals surface area contributed by atoms with Crippen LogP contribution in [0.4, 0.5) is 0 Å². The molecule has 0 aliphatic rings. The minimum atomic E-state index is 0.0983. The van der Waals surface area contributed by atoms with Crippen LogP contribution in [0.25, 0.3) is 0 Å². The molecule has 2 N–H and O–H groups in total. The maximum Gasteiger partial charge on any atom is 0.0570 e. The van der Waals surface area contributed by atoms with Crippen molar-refractivity contribution in [2.45, 2.75) is 33.2 Å². The Morgan fingerprint density at radius 2 is 2.08 bits per heavy atom. The van der Waals surface area contributed by atoms with Crippen LogP contribution in [0.1, 0.15) is 38.9 Å². The normalized spacial score (nSPS) is 11.3.